The number of pyridine rings is 2. The van der Waals surface area contributed by atoms with E-state index in [0.29, 0.717) is 11.4 Å². The minimum absolute atomic E-state index is 0.324. The second kappa shape index (κ2) is 9.12. The standard InChI is InChI=1S/C19H20FN5/c1-14(8-12-23-25-19-9-10-21-13-17(19)20)7-11-22-16(3)18-6-4-5-15(2)24-18/h4-13,23H,3H2,1-2H3,(H,21,25)/b12-8-,14-7+,22-11?. The molecule has 128 valence electrons. The van der Waals surface area contributed by atoms with Crippen LogP contribution in [0.4, 0.5) is 10.1 Å². The Bertz CT molecular complexity index is 824. The van der Waals surface area contributed by atoms with Crippen LogP contribution >= 0.6 is 0 Å². The Hall–Kier alpha value is -3.28. The lowest BCUT2D eigenvalue weighted by molar-refractivity contribution is 0.622. The molecule has 0 aliphatic carbocycles. The zero-order valence-electron chi connectivity index (χ0n) is 14.2. The zero-order chi connectivity index (χ0) is 18.1. The molecule has 0 aromatic carbocycles. The molecule has 6 heteroatoms. The van der Waals surface area contributed by atoms with Gasteiger partial charge in [0.05, 0.1) is 23.3 Å². The SMILES string of the molecule is C=C(N=C/C=C(C)/C=C\NNc1ccncc1F)c1cccc(C)n1. The van der Waals surface area contributed by atoms with Crippen LogP contribution in [0.3, 0.4) is 0 Å². The van der Waals surface area contributed by atoms with E-state index in [1.807, 2.05) is 44.2 Å². The highest BCUT2D eigenvalue weighted by atomic mass is 19.1. The molecule has 0 saturated carbocycles. The van der Waals surface area contributed by atoms with Crippen LogP contribution in [0.5, 0.6) is 0 Å². The monoisotopic (exact) mass is 337 g/mol. The summed E-state index contributed by atoms with van der Waals surface area (Å²) in [4.78, 5) is 12.3. The average molecular weight is 337 g/mol. The number of nitrogens with one attached hydrogen (secondary N) is 2. The van der Waals surface area contributed by atoms with E-state index in [4.69, 9.17) is 0 Å². The van der Waals surface area contributed by atoms with Gasteiger partial charge in [-0.25, -0.2) is 4.39 Å². The van der Waals surface area contributed by atoms with E-state index in [2.05, 4.69) is 32.4 Å². The van der Waals surface area contributed by atoms with Crippen molar-refractivity contribution in [1.82, 2.24) is 15.4 Å². The molecule has 2 rings (SSSR count). The van der Waals surface area contributed by atoms with Crippen molar-refractivity contribution in [3.8, 4) is 0 Å². The molecule has 0 bridgehead atoms. The van der Waals surface area contributed by atoms with Gasteiger partial charge in [0, 0.05) is 24.3 Å². The molecule has 0 atom stereocenters. The molecule has 25 heavy (non-hydrogen) atoms. The van der Waals surface area contributed by atoms with E-state index in [-0.39, 0.29) is 0 Å². The molecule has 2 heterocycles. The van der Waals surface area contributed by atoms with Gasteiger partial charge in [-0.2, -0.15) is 0 Å². The number of halogens is 1. The Morgan fingerprint density at radius 1 is 1.32 bits per heavy atom. The summed E-state index contributed by atoms with van der Waals surface area (Å²) in [6, 6.07) is 7.26. The van der Waals surface area contributed by atoms with Crippen molar-refractivity contribution in [2.45, 2.75) is 13.8 Å². The molecule has 0 unspecified atom stereocenters. The normalized spacial score (nSPS) is 11.9. The summed E-state index contributed by atoms with van der Waals surface area (Å²) in [5.41, 5.74) is 9.09. The maximum atomic E-state index is 13.4. The molecule has 5 nitrogen and oxygen atoms in total. The molecule has 2 N–H and O–H groups in total. The summed E-state index contributed by atoms with van der Waals surface area (Å²) in [5, 5.41) is 0. The lowest BCUT2D eigenvalue weighted by Gasteiger charge is -2.05. The molecule has 0 spiro atoms. The van der Waals surface area contributed by atoms with Gasteiger partial charge in [0.25, 0.3) is 0 Å². The minimum atomic E-state index is -0.425. The van der Waals surface area contributed by atoms with Crippen molar-refractivity contribution in [3.05, 3.63) is 84.4 Å². The van der Waals surface area contributed by atoms with Crippen LogP contribution in [0.2, 0.25) is 0 Å². The molecule has 0 amide bonds. The fraction of sp³-hybridized carbons (Fsp3) is 0.105. The minimum Gasteiger partial charge on any atom is -0.308 e. The Morgan fingerprint density at radius 3 is 2.92 bits per heavy atom. The van der Waals surface area contributed by atoms with Gasteiger partial charge in [-0.1, -0.05) is 12.6 Å². The number of aryl methyl sites for hydroxylation is 1. The maximum absolute atomic E-state index is 13.4. The van der Waals surface area contributed by atoms with Crippen LogP contribution < -0.4 is 10.9 Å². The third-order valence-electron chi connectivity index (χ3n) is 3.16. The molecule has 0 aliphatic rings. The van der Waals surface area contributed by atoms with Gasteiger partial charge in [0.2, 0.25) is 0 Å². The highest BCUT2D eigenvalue weighted by Gasteiger charge is 1.98. The Kier molecular flexibility index (Phi) is 6.59. The van der Waals surface area contributed by atoms with Crippen LogP contribution in [0, 0.1) is 12.7 Å². The van der Waals surface area contributed by atoms with Gasteiger partial charge >= 0.3 is 0 Å². The second-order valence-corrected chi connectivity index (χ2v) is 5.26. The predicted molar refractivity (Wildman–Crippen MR) is 100 cm³/mol. The summed E-state index contributed by atoms with van der Waals surface area (Å²) in [7, 11) is 0. The van der Waals surface area contributed by atoms with Crippen molar-refractivity contribution < 1.29 is 4.39 Å². The molecule has 0 saturated heterocycles. The van der Waals surface area contributed by atoms with E-state index in [9.17, 15) is 4.39 Å². The number of aliphatic imine (C=N–C) groups is 1. The first-order chi connectivity index (χ1) is 12.1. The molecule has 0 fully saturated rings. The fourth-order valence-electron chi connectivity index (χ4n) is 1.84. The number of hydrogen-bond donors (Lipinski definition) is 2. The van der Waals surface area contributed by atoms with Crippen molar-refractivity contribution in [3.63, 3.8) is 0 Å². The Balaban J connectivity index is 1.84. The van der Waals surface area contributed by atoms with E-state index in [1.54, 1.807) is 12.4 Å². The number of allylic oxidation sites excluding steroid dienone is 3. The van der Waals surface area contributed by atoms with Gasteiger partial charge < -0.3 is 5.43 Å². The van der Waals surface area contributed by atoms with E-state index in [1.165, 1.54) is 12.3 Å². The van der Waals surface area contributed by atoms with Crippen LogP contribution in [-0.2, 0) is 0 Å². The number of aromatic nitrogens is 2. The van der Waals surface area contributed by atoms with Crippen LogP contribution in [-0.4, -0.2) is 16.2 Å². The van der Waals surface area contributed by atoms with Crippen LogP contribution in [0.25, 0.3) is 5.70 Å². The lowest BCUT2D eigenvalue weighted by Crippen LogP contribution is -2.15. The summed E-state index contributed by atoms with van der Waals surface area (Å²) in [6.07, 6.45) is 9.65. The first-order valence-corrected chi connectivity index (χ1v) is 7.68. The summed E-state index contributed by atoms with van der Waals surface area (Å²) >= 11 is 0. The second-order valence-electron chi connectivity index (χ2n) is 5.26. The van der Waals surface area contributed by atoms with Gasteiger partial charge in [0.1, 0.15) is 0 Å². The van der Waals surface area contributed by atoms with Crippen molar-refractivity contribution in [2.24, 2.45) is 4.99 Å². The van der Waals surface area contributed by atoms with Crippen LogP contribution in [0.15, 0.2) is 72.2 Å². The highest BCUT2D eigenvalue weighted by Crippen LogP contribution is 2.11. The number of hydrazine groups is 1. The molecular formula is C19H20FN5. The molecule has 0 aliphatic heterocycles. The number of rotatable bonds is 7. The highest BCUT2D eigenvalue weighted by molar-refractivity contribution is 5.79. The van der Waals surface area contributed by atoms with Crippen molar-refractivity contribution in [1.29, 1.82) is 0 Å². The van der Waals surface area contributed by atoms with Gasteiger partial charge in [-0.05, 0) is 49.8 Å². The third-order valence-corrected chi connectivity index (χ3v) is 3.16. The van der Waals surface area contributed by atoms with Gasteiger partial charge in [-0.3, -0.25) is 20.4 Å². The first-order valence-electron chi connectivity index (χ1n) is 7.68. The van der Waals surface area contributed by atoms with E-state index < -0.39 is 5.82 Å². The first kappa shape index (κ1) is 18.1. The van der Waals surface area contributed by atoms with Gasteiger partial charge in [0.15, 0.2) is 5.82 Å². The molecular weight excluding hydrogens is 317 g/mol. The van der Waals surface area contributed by atoms with Crippen LogP contribution in [0.1, 0.15) is 18.3 Å². The number of anilines is 1. The quantitative estimate of drug-likeness (QED) is 0.455. The molecule has 2 aromatic heterocycles. The summed E-state index contributed by atoms with van der Waals surface area (Å²) < 4.78 is 13.4. The lowest BCUT2D eigenvalue weighted by atomic mass is 10.2. The average Bonchev–Trinajstić information content (AvgIpc) is 2.60. The van der Waals surface area contributed by atoms with E-state index >= 15 is 0 Å². The molecule has 0 radical (unpaired) electrons. The largest absolute Gasteiger partial charge is 0.308 e. The topological polar surface area (TPSA) is 62.2 Å². The van der Waals surface area contributed by atoms with Crippen molar-refractivity contribution in [2.75, 3.05) is 5.43 Å². The zero-order valence-corrected chi connectivity index (χ0v) is 14.2. The van der Waals surface area contributed by atoms with Gasteiger partial charge in [-0.15, -0.1) is 0 Å². The summed E-state index contributed by atoms with van der Waals surface area (Å²) in [5.74, 6) is -0.425. The van der Waals surface area contributed by atoms with Crippen molar-refractivity contribution >= 4 is 17.6 Å². The Morgan fingerprint density at radius 2 is 2.16 bits per heavy atom. The third kappa shape index (κ3) is 6.02. The molecule has 2 aromatic rings. The number of hydrogen-bond acceptors (Lipinski definition) is 5. The Labute approximate surface area is 146 Å². The van der Waals surface area contributed by atoms with E-state index in [0.717, 1.165) is 23.2 Å². The predicted octanol–water partition coefficient (Wildman–Crippen LogP) is 4.04. The smallest absolute Gasteiger partial charge is 0.166 e. The maximum Gasteiger partial charge on any atom is 0.166 e. The summed E-state index contributed by atoms with van der Waals surface area (Å²) in [6.45, 7) is 7.76. The fourth-order valence-corrected chi connectivity index (χ4v) is 1.84. The number of nitrogens with zero attached hydrogens (tertiary/aromatic N) is 3.